The van der Waals surface area contributed by atoms with E-state index in [4.69, 9.17) is 14.6 Å². The van der Waals surface area contributed by atoms with Gasteiger partial charge in [-0.1, -0.05) is 0 Å². The Kier molecular flexibility index (Phi) is 6.83. The van der Waals surface area contributed by atoms with E-state index in [1.54, 1.807) is 43.5 Å². The van der Waals surface area contributed by atoms with Crippen LogP contribution >= 0.6 is 0 Å². The van der Waals surface area contributed by atoms with Crippen LogP contribution in [0.3, 0.4) is 0 Å². The fourth-order valence-electron chi connectivity index (χ4n) is 3.81. The predicted octanol–water partition coefficient (Wildman–Crippen LogP) is 4.43. The van der Waals surface area contributed by atoms with E-state index in [1.807, 2.05) is 24.3 Å². The van der Waals surface area contributed by atoms with Crippen LogP contribution in [0.4, 0.5) is 5.82 Å². The summed E-state index contributed by atoms with van der Waals surface area (Å²) >= 11 is 0. The number of carbonyl (C=O) groups excluding carboxylic acids is 1. The van der Waals surface area contributed by atoms with Crippen LogP contribution in [0.1, 0.15) is 36.0 Å². The first-order valence-electron chi connectivity index (χ1n) is 10.8. The zero-order valence-electron chi connectivity index (χ0n) is 18.2. The van der Waals surface area contributed by atoms with Crippen LogP contribution in [0.5, 0.6) is 11.5 Å². The number of aromatic nitrogens is 2. The first-order chi connectivity index (χ1) is 16.0. The Balaban J connectivity index is 1.31. The number of hydrogen-bond acceptors (Lipinski definition) is 6. The molecular weight excluding hydrogens is 422 g/mol. The van der Waals surface area contributed by atoms with Gasteiger partial charge in [0.2, 0.25) is 0 Å². The van der Waals surface area contributed by atoms with Gasteiger partial charge in [-0.25, -0.2) is 0 Å². The number of amides is 1. The molecule has 1 saturated carbocycles. The van der Waals surface area contributed by atoms with Gasteiger partial charge < -0.3 is 19.9 Å². The van der Waals surface area contributed by atoms with Crippen molar-refractivity contribution in [1.82, 2.24) is 10.2 Å². The third kappa shape index (κ3) is 5.65. The van der Waals surface area contributed by atoms with Crippen LogP contribution in [0, 0.1) is 5.92 Å². The van der Waals surface area contributed by atoms with E-state index in [9.17, 15) is 9.59 Å². The van der Waals surface area contributed by atoms with Gasteiger partial charge in [0.1, 0.15) is 11.5 Å². The SMILES string of the molecule is COc1ccc(-c2ccc(NC(=O)c3ccc(OC4CCC(C(=O)O)CC4)cc3)nn2)cc1. The van der Waals surface area contributed by atoms with Crippen LogP contribution in [-0.2, 0) is 4.79 Å². The molecule has 0 bridgehead atoms. The minimum Gasteiger partial charge on any atom is -0.497 e. The lowest BCUT2D eigenvalue weighted by atomic mass is 9.87. The van der Waals surface area contributed by atoms with Gasteiger partial charge in [-0.2, -0.15) is 0 Å². The van der Waals surface area contributed by atoms with Gasteiger partial charge in [0.05, 0.1) is 24.8 Å². The summed E-state index contributed by atoms with van der Waals surface area (Å²) in [5, 5.41) is 20.1. The zero-order valence-corrected chi connectivity index (χ0v) is 18.2. The molecule has 0 spiro atoms. The zero-order chi connectivity index (χ0) is 23.2. The molecule has 0 aliphatic heterocycles. The van der Waals surface area contributed by atoms with Crippen molar-refractivity contribution in [2.24, 2.45) is 5.92 Å². The van der Waals surface area contributed by atoms with E-state index in [1.165, 1.54) is 0 Å². The summed E-state index contributed by atoms with van der Waals surface area (Å²) in [6, 6.07) is 17.8. The maximum Gasteiger partial charge on any atom is 0.306 e. The summed E-state index contributed by atoms with van der Waals surface area (Å²) in [6.45, 7) is 0. The highest BCUT2D eigenvalue weighted by molar-refractivity contribution is 6.03. The first kappa shape index (κ1) is 22.3. The molecule has 2 aromatic carbocycles. The van der Waals surface area contributed by atoms with Crippen molar-refractivity contribution >= 4 is 17.7 Å². The Morgan fingerprint density at radius 3 is 2.12 bits per heavy atom. The minimum absolute atomic E-state index is 0.000216. The van der Waals surface area contributed by atoms with Crippen LogP contribution in [0.2, 0.25) is 0 Å². The summed E-state index contributed by atoms with van der Waals surface area (Å²) in [4.78, 5) is 23.6. The Bertz CT molecular complexity index is 1090. The molecule has 3 aromatic rings. The summed E-state index contributed by atoms with van der Waals surface area (Å²) in [5.41, 5.74) is 2.06. The second kappa shape index (κ2) is 10.1. The van der Waals surface area contributed by atoms with Crippen molar-refractivity contribution in [3.63, 3.8) is 0 Å². The molecule has 8 nitrogen and oxygen atoms in total. The molecule has 170 valence electrons. The van der Waals surface area contributed by atoms with E-state index in [0.29, 0.717) is 48.5 Å². The molecule has 1 amide bonds. The van der Waals surface area contributed by atoms with Crippen molar-refractivity contribution in [3.8, 4) is 22.8 Å². The number of hydrogen-bond donors (Lipinski definition) is 2. The van der Waals surface area contributed by atoms with Gasteiger partial charge in [-0.05, 0) is 86.3 Å². The first-order valence-corrected chi connectivity index (χ1v) is 10.8. The molecule has 4 rings (SSSR count). The number of aliphatic carboxylic acids is 1. The van der Waals surface area contributed by atoms with Gasteiger partial charge in [-0.3, -0.25) is 9.59 Å². The molecule has 33 heavy (non-hydrogen) atoms. The maximum absolute atomic E-state index is 12.6. The summed E-state index contributed by atoms with van der Waals surface area (Å²) in [6.07, 6.45) is 2.67. The van der Waals surface area contributed by atoms with Gasteiger partial charge in [0, 0.05) is 11.1 Å². The quantitative estimate of drug-likeness (QED) is 0.551. The van der Waals surface area contributed by atoms with Crippen molar-refractivity contribution in [2.45, 2.75) is 31.8 Å². The molecule has 1 aliphatic rings. The van der Waals surface area contributed by atoms with Crippen molar-refractivity contribution < 1.29 is 24.2 Å². The number of nitrogens with zero attached hydrogens (tertiary/aromatic N) is 2. The van der Waals surface area contributed by atoms with Crippen molar-refractivity contribution in [3.05, 3.63) is 66.2 Å². The molecule has 2 N–H and O–H groups in total. The van der Waals surface area contributed by atoms with Gasteiger partial charge in [-0.15, -0.1) is 10.2 Å². The minimum atomic E-state index is -0.733. The van der Waals surface area contributed by atoms with Crippen LogP contribution < -0.4 is 14.8 Å². The summed E-state index contributed by atoms with van der Waals surface area (Å²) in [7, 11) is 1.61. The standard InChI is InChI=1S/C25H25N3O5/c1-32-19-8-2-16(3-9-19)22-14-15-23(28-27-22)26-24(29)17-4-10-20(11-5-17)33-21-12-6-18(7-13-21)25(30)31/h2-5,8-11,14-15,18,21H,6-7,12-13H2,1H3,(H,30,31)(H,26,28,29). The number of nitrogens with one attached hydrogen (secondary N) is 1. The van der Waals surface area contributed by atoms with Crippen LogP contribution in [-0.4, -0.2) is 40.4 Å². The summed E-state index contributed by atoms with van der Waals surface area (Å²) in [5.74, 6) is 0.475. The second-order valence-electron chi connectivity index (χ2n) is 7.94. The van der Waals surface area contributed by atoms with E-state index in [-0.39, 0.29) is 17.9 Å². The monoisotopic (exact) mass is 447 g/mol. The number of carboxylic acids is 1. The smallest absolute Gasteiger partial charge is 0.306 e. The Morgan fingerprint density at radius 2 is 1.55 bits per heavy atom. The second-order valence-corrected chi connectivity index (χ2v) is 7.94. The molecule has 1 aliphatic carbocycles. The lowest BCUT2D eigenvalue weighted by Crippen LogP contribution is -2.27. The molecule has 0 atom stereocenters. The maximum atomic E-state index is 12.6. The van der Waals surface area contributed by atoms with Gasteiger partial charge in [0.15, 0.2) is 5.82 Å². The highest BCUT2D eigenvalue weighted by atomic mass is 16.5. The fourth-order valence-corrected chi connectivity index (χ4v) is 3.81. The highest BCUT2D eigenvalue weighted by Gasteiger charge is 2.26. The average Bonchev–Trinajstić information content (AvgIpc) is 2.85. The Morgan fingerprint density at radius 1 is 0.879 bits per heavy atom. The van der Waals surface area contributed by atoms with Crippen LogP contribution in [0.25, 0.3) is 11.3 Å². The van der Waals surface area contributed by atoms with E-state index >= 15 is 0 Å². The molecule has 0 radical (unpaired) electrons. The number of methoxy groups -OCH3 is 1. The van der Waals surface area contributed by atoms with Gasteiger partial charge in [0.25, 0.3) is 5.91 Å². The third-order valence-corrected chi connectivity index (χ3v) is 5.73. The predicted molar refractivity (Wildman–Crippen MR) is 122 cm³/mol. The Labute approximate surface area is 191 Å². The van der Waals surface area contributed by atoms with E-state index in [0.717, 1.165) is 11.3 Å². The third-order valence-electron chi connectivity index (χ3n) is 5.73. The molecular formula is C25H25N3O5. The van der Waals surface area contributed by atoms with E-state index < -0.39 is 5.97 Å². The fraction of sp³-hybridized carbons (Fsp3) is 0.280. The van der Waals surface area contributed by atoms with Crippen molar-refractivity contribution in [2.75, 3.05) is 12.4 Å². The number of benzene rings is 2. The lowest BCUT2D eigenvalue weighted by Gasteiger charge is -2.26. The highest BCUT2D eigenvalue weighted by Crippen LogP contribution is 2.28. The molecule has 8 heteroatoms. The van der Waals surface area contributed by atoms with Gasteiger partial charge >= 0.3 is 5.97 Å². The molecule has 1 heterocycles. The molecule has 0 saturated heterocycles. The number of carboxylic acid groups (broad SMARTS) is 1. The molecule has 0 unspecified atom stereocenters. The molecule has 1 fully saturated rings. The lowest BCUT2D eigenvalue weighted by molar-refractivity contribution is -0.143. The molecule has 1 aromatic heterocycles. The van der Waals surface area contributed by atoms with Crippen LogP contribution in [0.15, 0.2) is 60.7 Å². The number of carbonyl (C=O) groups is 2. The normalized spacial score (nSPS) is 17.7. The topological polar surface area (TPSA) is 111 Å². The Hall–Kier alpha value is -3.94. The summed E-state index contributed by atoms with van der Waals surface area (Å²) < 4.78 is 11.1. The van der Waals surface area contributed by atoms with E-state index in [2.05, 4.69) is 15.5 Å². The number of anilines is 1. The number of ether oxygens (including phenoxy) is 2. The average molecular weight is 447 g/mol. The number of rotatable bonds is 7. The van der Waals surface area contributed by atoms with Crippen molar-refractivity contribution in [1.29, 1.82) is 0 Å². The largest absolute Gasteiger partial charge is 0.497 e.